The van der Waals surface area contributed by atoms with Gasteiger partial charge in [-0.1, -0.05) is 68.7 Å². The molecule has 2 aromatic carbocycles. The van der Waals surface area contributed by atoms with Crippen molar-refractivity contribution in [2.45, 2.75) is 128 Å². The molecule has 8 rings (SSSR count). The number of carbonyl (C=O) groups is 3. The highest BCUT2D eigenvalue weighted by molar-refractivity contribution is 7.91. The number of ether oxygens (including phenoxy) is 2. The van der Waals surface area contributed by atoms with E-state index >= 15 is 4.79 Å². The molecule has 2 aromatic heterocycles. The second-order valence-corrected chi connectivity index (χ2v) is 21.5. The molecule has 11 nitrogen and oxygen atoms in total. The summed E-state index contributed by atoms with van der Waals surface area (Å²) in [6, 6.07) is 13.1. The van der Waals surface area contributed by atoms with Gasteiger partial charge in [-0.25, -0.2) is 18.4 Å². The number of methoxy groups -OCH3 is 1. The van der Waals surface area contributed by atoms with Gasteiger partial charge in [0.2, 0.25) is 21.8 Å². The second kappa shape index (κ2) is 16.9. The number of ketones is 1. The Balaban J connectivity index is 1.15. The Morgan fingerprint density at radius 2 is 1.85 bits per heavy atom. The standard InChI is InChI=1S/C48H58N4O7S2/c1-29(2)38-28-60-44(50-38)37-24-42(36-17-18-41(58-6)31(4)43(36)49-37)59-35-23-39-40(53)26-48(46(55)51-61(56,57)47(5)19-20-47)25-34(48)16-11-9-7-8-10-15-33(45(54)52(39)27-35)22-32-14-12-13-30(3)21-32/h11-14,16-18,21,24,28-29,33-35,39H,7-10,15,19-20,22-23,25-27H2,1-6H3,(H,51,55)/b16-11-/t33-,34-,35-,39+,48-/m1/s1. The van der Waals surface area contributed by atoms with Gasteiger partial charge in [-0.2, -0.15) is 0 Å². The molecule has 0 radical (unpaired) electrons. The lowest BCUT2D eigenvalue weighted by Gasteiger charge is -2.29. The van der Waals surface area contributed by atoms with Crippen molar-refractivity contribution in [3.8, 4) is 22.2 Å². The predicted molar refractivity (Wildman–Crippen MR) is 238 cm³/mol. The van der Waals surface area contributed by atoms with Crippen molar-refractivity contribution in [2.24, 2.45) is 17.3 Å². The van der Waals surface area contributed by atoms with Crippen LogP contribution in [-0.4, -0.2) is 71.4 Å². The average Bonchev–Trinajstić information content (AvgIpc) is 3.99. The number of benzene rings is 2. The van der Waals surface area contributed by atoms with Crippen LogP contribution in [-0.2, 0) is 30.8 Å². The fourth-order valence-electron chi connectivity index (χ4n) is 9.20. The lowest BCUT2D eigenvalue weighted by atomic mass is 9.89. The molecule has 1 saturated heterocycles. The molecule has 5 atom stereocenters. The molecule has 2 aliphatic heterocycles. The third-order valence-corrected chi connectivity index (χ3v) is 16.6. The summed E-state index contributed by atoms with van der Waals surface area (Å²) in [5, 5.41) is 3.58. The van der Waals surface area contributed by atoms with E-state index in [4.69, 9.17) is 19.4 Å². The van der Waals surface area contributed by atoms with Gasteiger partial charge in [0, 0.05) is 41.2 Å². The molecule has 0 unspecified atom stereocenters. The largest absolute Gasteiger partial charge is 0.496 e. The Labute approximate surface area is 363 Å². The minimum atomic E-state index is -3.93. The Morgan fingerprint density at radius 1 is 1.05 bits per heavy atom. The van der Waals surface area contributed by atoms with Crippen molar-refractivity contribution in [2.75, 3.05) is 13.7 Å². The van der Waals surface area contributed by atoms with Gasteiger partial charge in [0.05, 0.1) is 41.1 Å². The van der Waals surface area contributed by atoms with E-state index in [1.165, 1.54) is 11.3 Å². The lowest BCUT2D eigenvalue weighted by molar-refractivity contribution is -0.142. The minimum Gasteiger partial charge on any atom is -0.496 e. The number of fused-ring (bicyclic) bond motifs is 3. The van der Waals surface area contributed by atoms with Crippen LogP contribution in [0.1, 0.15) is 113 Å². The number of aromatic nitrogens is 2. The number of hydrogen-bond acceptors (Lipinski definition) is 10. The van der Waals surface area contributed by atoms with Crippen molar-refractivity contribution >= 4 is 49.9 Å². The van der Waals surface area contributed by atoms with Crippen molar-refractivity contribution in [3.05, 3.63) is 82.4 Å². The smallest absolute Gasteiger partial charge is 0.240 e. The summed E-state index contributed by atoms with van der Waals surface area (Å²) in [7, 11) is -2.30. The third-order valence-electron chi connectivity index (χ3n) is 13.5. The van der Waals surface area contributed by atoms with Crippen LogP contribution in [0, 0.1) is 31.1 Å². The zero-order valence-electron chi connectivity index (χ0n) is 36.2. The van der Waals surface area contributed by atoms with Crippen molar-refractivity contribution in [3.63, 3.8) is 0 Å². The van der Waals surface area contributed by atoms with Crippen LogP contribution in [0.5, 0.6) is 11.5 Å². The molecular weight excluding hydrogens is 809 g/mol. The van der Waals surface area contributed by atoms with E-state index in [1.54, 1.807) is 18.9 Å². The summed E-state index contributed by atoms with van der Waals surface area (Å²) in [6.45, 7) is 10.0. The molecule has 2 aliphatic carbocycles. The summed E-state index contributed by atoms with van der Waals surface area (Å²) in [4.78, 5) is 55.7. The number of amides is 2. The number of aryl methyl sites for hydroxylation is 2. The molecule has 4 aromatic rings. The molecule has 2 saturated carbocycles. The maximum atomic E-state index is 15.0. The lowest BCUT2D eigenvalue weighted by Crippen LogP contribution is -2.47. The fourth-order valence-corrected chi connectivity index (χ4v) is 11.5. The first kappa shape index (κ1) is 43.0. The molecule has 4 heterocycles. The van der Waals surface area contributed by atoms with Crippen molar-refractivity contribution < 1.29 is 32.3 Å². The first-order valence-electron chi connectivity index (χ1n) is 21.8. The van der Waals surface area contributed by atoms with E-state index in [0.717, 1.165) is 58.5 Å². The highest BCUT2D eigenvalue weighted by Gasteiger charge is 2.62. The highest BCUT2D eigenvalue weighted by Crippen LogP contribution is 2.58. The average molecular weight is 867 g/mol. The van der Waals surface area contributed by atoms with Crippen LogP contribution >= 0.6 is 11.3 Å². The summed E-state index contributed by atoms with van der Waals surface area (Å²) >= 11 is 1.52. The highest BCUT2D eigenvalue weighted by atomic mass is 32.2. The number of rotatable bonds is 10. The number of pyridine rings is 1. The number of hydrogen-bond donors (Lipinski definition) is 1. The molecule has 0 bridgehead atoms. The van der Waals surface area contributed by atoms with Crippen LogP contribution in [0.25, 0.3) is 21.6 Å². The number of thiazole rings is 1. The second-order valence-electron chi connectivity index (χ2n) is 18.5. The number of allylic oxidation sites excluding steroid dienone is 2. The molecular formula is C48H58N4O7S2. The van der Waals surface area contributed by atoms with Crippen LogP contribution in [0.3, 0.4) is 0 Å². The summed E-state index contributed by atoms with van der Waals surface area (Å²) in [6.07, 6.45) is 9.64. The number of carbonyl (C=O) groups excluding carboxylic acids is 3. The van der Waals surface area contributed by atoms with E-state index in [0.29, 0.717) is 54.8 Å². The summed E-state index contributed by atoms with van der Waals surface area (Å²) < 4.78 is 40.7. The Bertz CT molecular complexity index is 2490. The molecule has 3 fully saturated rings. The predicted octanol–water partition coefficient (Wildman–Crippen LogP) is 8.80. The zero-order valence-corrected chi connectivity index (χ0v) is 37.8. The topological polar surface area (TPSA) is 145 Å². The fraction of sp³-hybridized carbons (Fsp3) is 0.521. The Kier molecular flexibility index (Phi) is 11.9. The van der Waals surface area contributed by atoms with Gasteiger partial charge in [0.25, 0.3) is 0 Å². The van der Waals surface area contributed by atoms with Crippen molar-refractivity contribution in [1.82, 2.24) is 19.6 Å². The monoisotopic (exact) mass is 866 g/mol. The maximum Gasteiger partial charge on any atom is 0.240 e. The van der Waals surface area contributed by atoms with Crippen LogP contribution in [0.2, 0.25) is 0 Å². The van der Waals surface area contributed by atoms with Crippen molar-refractivity contribution in [1.29, 1.82) is 0 Å². The molecule has 61 heavy (non-hydrogen) atoms. The first-order valence-corrected chi connectivity index (χ1v) is 24.2. The molecule has 13 heteroatoms. The van der Waals surface area contributed by atoms with E-state index in [1.807, 2.05) is 55.6 Å². The molecule has 2 amide bonds. The van der Waals surface area contributed by atoms with Crippen LogP contribution < -0.4 is 14.2 Å². The van der Waals surface area contributed by atoms with Gasteiger partial charge in [-0.15, -0.1) is 11.3 Å². The summed E-state index contributed by atoms with van der Waals surface area (Å²) in [5.41, 5.74) is 4.17. The number of nitrogens with zero attached hydrogens (tertiary/aromatic N) is 3. The zero-order chi connectivity index (χ0) is 43.3. The van der Waals surface area contributed by atoms with Gasteiger partial charge in [-0.05, 0) is 95.2 Å². The Morgan fingerprint density at radius 3 is 2.57 bits per heavy atom. The van der Waals surface area contributed by atoms with Gasteiger partial charge in [0.15, 0.2) is 5.78 Å². The molecule has 4 aliphatic rings. The van der Waals surface area contributed by atoms with Gasteiger partial charge >= 0.3 is 0 Å². The van der Waals surface area contributed by atoms with Crippen LogP contribution in [0.4, 0.5) is 0 Å². The number of sulfonamides is 1. The number of nitrogens with one attached hydrogen (secondary N) is 1. The number of Topliss-reactive ketones (excluding diaryl/α,β-unsaturated/α-hetero) is 1. The molecule has 1 N–H and O–H groups in total. The van der Waals surface area contributed by atoms with E-state index in [-0.39, 0.29) is 48.8 Å². The third kappa shape index (κ3) is 8.74. The molecule has 324 valence electrons. The van der Waals surface area contributed by atoms with E-state index in [2.05, 4.69) is 36.8 Å². The van der Waals surface area contributed by atoms with Gasteiger partial charge in [-0.3, -0.25) is 19.1 Å². The quantitative estimate of drug-likeness (QED) is 0.155. The van der Waals surface area contributed by atoms with E-state index < -0.39 is 38.2 Å². The minimum absolute atomic E-state index is 0.0982. The Hall–Kier alpha value is -4.62. The maximum absolute atomic E-state index is 15.0. The first-order chi connectivity index (χ1) is 29.1. The molecule has 0 spiro atoms. The van der Waals surface area contributed by atoms with Gasteiger partial charge < -0.3 is 14.4 Å². The van der Waals surface area contributed by atoms with E-state index in [9.17, 15) is 18.0 Å². The SMILES string of the molecule is COc1ccc2c(O[C@@H]3C[C@H]4C(=O)C[C@]5(C(=O)NS(=O)(=O)C6(C)CC6)C[C@H]5/C=C\CCCCC[C@H](Cc5cccc(C)c5)C(=O)N4C3)cc(-c3nc(C(C)C)cs3)nc2c1C. The normalized spacial score (nSPS) is 25.9. The van der Waals surface area contributed by atoms with Crippen LogP contribution in [0.15, 0.2) is 60.0 Å². The van der Waals surface area contributed by atoms with Gasteiger partial charge in [0.1, 0.15) is 28.3 Å². The summed E-state index contributed by atoms with van der Waals surface area (Å²) in [5.74, 6) is -0.118.